The minimum atomic E-state index is -0.303. The lowest BCUT2D eigenvalue weighted by atomic mass is 10.2. The van der Waals surface area contributed by atoms with Crippen molar-refractivity contribution in [3.05, 3.63) is 51.9 Å². The number of unbranched alkanes of at least 4 members (excludes halogenated alkanes) is 2. The number of nitrogens with two attached hydrogens (primary N) is 1. The number of hydrogen-bond acceptors (Lipinski definition) is 5. The number of carbonyl (C=O) groups excluding carboxylic acids is 1. The van der Waals surface area contributed by atoms with Gasteiger partial charge in [0.2, 0.25) is 11.7 Å². The van der Waals surface area contributed by atoms with Gasteiger partial charge in [-0.3, -0.25) is 18.6 Å². The van der Waals surface area contributed by atoms with Crippen molar-refractivity contribution in [1.82, 2.24) is 19.3 Å². The number of fused-ring (bicyclic) bond motifs is 1. The van der Waals surface area contributed by atoms with Crippen molar-refractivity contribution >= 4 is 29.1 Å². The van der Waals surface area contributed by atoms with Crippen molar-refractivity contribution in [2.75, 3.05) is 24.5 Å². The van der Waals surface area contributed by atoms with E-state index in [0.29, 0.717) is 29.6 Å². The summed E-state index contributed by atoms with van der Waals surface area (Å²) < 4.78 is 3.70. The summed E-state index contributed by atoms with van der Waals surface area (Å²) in [7, 11) is 0. The number of aryl methyl sites for hydroxylation is 1. The SMILES string of the molecule is CCCCCn1c(N2CCC[C@H]2C(=O)NCCCN)cc(=O)n2cc(-c3ccc(Cl)cc3)nc12. The molecule has 3 aromatic rings. The highest BCUT2D eigenvalue weighted by molar-refractivity contribution is 6.30. The van der Waals surface area contributed by atoms with Crippen LogP contribution in [-0.2, 0) is 11.3 Å². The smallest absolute Gasteiger partial charge is 0.261 e. The molecule has 0 radical (unpaired) electrons. The van der Waals surface area contributed by atoms with Crippen LogP contribution in [0.15, 0.2) is 41.3 Å². The van der Waals surface area contributed by atoms with Crippen LogP contribution < -0.4 is 21.5 Å². The molecule has 1 aliphatic heterocycles. The van der Waals surface area contributed by atoms with Crippen LogP contribution in [0, 0.1) is 0 Å². The second-order valence-electron chi connectivity index (χ2n) is 8.79. The highest BCUT2D eigenvalue weighted by atomic mass is 35.5. The van der Waals surface area contributed by atoms with E-state index in [-0.39, 0.29) is 17.5 Å². The van der Waals surface area contributed by atoms with Crippen molar-refractivity contribution in [3.8, 4) is 11.3 Å². The molecule has 1 atom stereocenters. The minimum Gasteiger partial charge on any atom is -0.354 e. The first-order valence-corrected chi connectivity index (χ1v) is 12.5. The van der Waals surface area contributed by atoms with E-state index in [4.69, 9.17) is 22.3 Å². The fourth-order valence-corrected chi connectivity index (χ4v) is 4.69. The number of imidazole rings is 1. The summed E-state index contributed by atoms with van der Waals surface area (Å²) in [5.41, 5.74) is 7.03. The van der Waals surface area contributed by atoms with Crippen LogP contribution in [-0.4, -0.2) is 45.5 Å². The molecule has 0 aliphatic carbocycles. The highest BCUT2D eigenvalue weighted by Crippen LogP contribution is 2.28. The molecule has 4 rings (SSSR count). The summed E-state index contributed by atoms with van der Waals surface area (Å²) in [4.78, 5) is 33.0. The van der Waals surface area contributed by atoms with Crippen molar-refractivity contribution in [2.45, 2.75) is 58.0 Å². The maximum absolute atomic E-state index is 13.2. The third kappa shape index (κ3) is 5.13. The Morgan fingerprint density at radius 2 is 2.03 bits per heavy atom. The average molecular weight is 485 g/mol. The fraction of sp³-hybridized carbons (Fsp3) is 0.480. The maximum atomic E-state index is 13.2. The first-order chi connectivity index (χ1) is 16.5. The molecule has 9 heteroatoms. The number of nitrogens with zero attached hydrogens (tertiary/aromatic N) is 4. The van der Waals surface area contributed by atoms with Gasteiger partial charge in [-0.1, -0.05) is 43.5 Å². The van der Waals surface area contributed by atoms with E-state index in [1.165, 1.54) is 0 Å². The third-order valence-electron chi connectivity index (χ3n) is 6.35. The van der Waals surface area contributed by atoms with E-state index in [9.17, 15) is 9.59 Å². The van der Waals surface area contributed by atoms with Crippen LogP contribution in [0.3, 0.4) is 0 Å². The quantitative estimate of drug-likeness (QED) is 0.429. The zero-order valence-electron chi connectivity index (χ0n) is 19.7. The van der Waals surface area contributed by atoms with E-state index >= 15 is 0 Å². The molecule has 0 saturated carbocycles. The molecule has 0 spiro atoms. The molecule has 2 aromatic heterocycles. The van der Waals surface area contributed by atoms with Crippen LogP contribution in [0.2, 0.25) is 5.02 Å². The first kappa shape index (κ1) is 24.3. The molecule has 8 nitrogen and oxygen atoms in total. The molecule has 3 heterocycles. The van der Waals surface area contributed by atoms with Crippen LogP contribution in [0.4, 0.5) is 5.82 Å². The average Bonchev–Trinajstić information content (AvgIpc) is 3.49. The topological polar surface area (TPSA) is 97.7 Å². The summed E-state index contributed by atoms with van der Waals surface area (Å²) >= 11 is 6.05. The van der Waals surface area contributed by atoms with Gasteiger partial charge in [0, 0.05) is 42.5 Å². The third-order valence-corrected chi connectivity index (χ3v) is 6.60. The lowest BCUT2D eigenvalue weighted by Gasteiger charge is -2.29. The van der Waals surface area contributed by atoms with Gasteiger partial charge in [-0.15, -0.1) is 0 Å². The largest absolute Gasteiger partial charge is 0.354 e. The van der Waals surface area contributed by atoms with E-state index < -0.39 is 0 Å². The number of aromatic nitrogens is 3. The number of carbonyl (C=O) groups is 1. The van der Waals surface area contributed by atoms with Crippen molar-refractivity contribution in [2.24, 2.45) is 5.73 Å². The molecule has 0 unspecified atom stereocenters. The molecular formula is C25H33ClN6O2. The predicted molar refractivity (Wildman–Crippen MR) is 136 cm³/mol. The number of halogens is 1. The normalized spacial score (nSPS) is 15.9. The molecule has 34 heavy (non-hydrogen) atoms. The molecule has 182 valence electrons. The van der Waals surface area contributed by atoms with E-state index in [0.717, 1.165) is 63.0 Å². The lowest BCUT2D eigenvalue weighted by Crippen LogP contribution is -2.45. The fourth-order valence-electron chi connectivity index (χ4n) is 4.56. The Labute approximate surface area is 204 Å². The molecule has 1 aliphatic rings. The standard InChI is InChI=1S/C25H33ClN6O2/c1-2-3-4-14-31-22(30-15-5-7-21(30)24(34)28-13-6-12-27)16-23(33)32-17-20(29-25(31)32)18-8-10-19(26)11-9-18/h8-11,16-17,21H,2-7,12-15,27H2,1H3,(H,28,34)/t21-/m0/s1. The van der Waals surface area contributed by atoms with Gasteiger partial charge in [-0.25, -0.2) is 4.98 Å². The molecule has 0 bridgehead atoms. The van der Waals surface area contributed by atoms with Crippen molar-refractivity contribution in [3.63, 3.8) is 0 Å². The molecule has 1 aromatic carbocycles. The van der Waals surface area contributed by atoms with Gasteiger partial charge in [-0.05, 0) is 44.4 Å². The monoisotopic (exact) mass is 484 g/mol. The Balaban J connectivity index is 1.76. The van der Waals surface area contributed by atoms with Gasteiger partial charge in [0.05, 0.1) is 5.69 Å². The number of benzene rings is 1. The summed E-state index contributed by atoms with van der Waals surface area (Å²) in [5.74, 6) is 1.35. The number of nitrogens with one attached hydrogen (secondary N) is 1. The Morgan fingerprint density at radius 3 is 2.76 bits per heavy atom. The number of rotatable bonds is 10. The van der Waals surface area contributed by atoms with Crippen LogP contribution in [0.25, 0.3) is 17.0 Å². The van der Waals surface area contributed by atoms with Gasteiger partial charge in [-0.2, -0.15) is 0 Å². The van der Waals surface area contributed by atoms with Gasteiger partial charge in [0.1, 0.15) is 11.9 Å². The Hall–Kier alpha value is -2.84. The number of anilines is 1. The Kier molecular flexibility index (Phi) is 7.90. The summed E-state index contributed by atoms with van der Waals surface area (Å²) in [6.07, 6.45) is 7.31. The lowest BCUT2D eigenvalue weighted by molar-refractivity contribution is -0.122. The van der Waals surface area contributed by atoms with Crippen LogP contribution >= 0.6 is 11.6 Å². The van der Waals surface area contributed by atoms with Gasteiger partial charge in [0.15, 0.2) is 0 Å². The van der Waals surface area contributed by atoms with Crippen molar-refractivity contribution in [1.29, 1.82) is 0 Å². The van der Waals surface area contributed by atoms with Crippen molar-refractivity contribution < 1.29 is 4.79 Å². The molecule has 1 saturated heterocycles. The van der Waals surface area contributed by atoms with E-state index in [1.807, 2.05) is 24.3 Å². The van der Waals surface area contributed by atoms with Gasteiger partial charge in [0.25, 0.3) is 5.56 Å². The number of amides is 1. The van der Waals surface area contributed by atoms with Gasteiger partial charge < -0.3 is 16.0 Å². The summed E-state index contributed by atoms with van der Waals surface area (Å²) in [6.45, 7) is 4.72. The van der Waals surface area contributed by atoms with Crippen LogP contribution in [0.1, 0.15) is 45.4 Å². The molecular weight excluding hydrogens is 452 g/mol. The zero-order chi connectivity index (χ0) is 24.1. The number of hydrogen-bond donors (Lipinski definition) is 2. The first-order valence-electron chi connectivity index (χ1n) is 12.2. The molecule has 3 N–H and O–H groups in total. The second kappa shape index (κ2) is 11.1. The second-order valence-corrected chi connectivity index (χ2v) is 9.22. The zero-order valence-corrected chi connectivity index (χ0v) is 20.4. The Morgan fingerprint density at radius 1 is 1.24 bits per heavy atom. The summed E-state index contributed by atoms with van der Waals surface area (Å²) in [5, 5.41) is 3.65. The molecule has 1 fully saturated rings. The highest BCUT2D eigenvalue weighted by Gasteiger charge is 2.33. The van der Waals surface area contributed by atoms with Gasteiger partial charge >= 0.3 is 0 Å². The minimum absolute atomic E-state index is 0.0106. The van der Waals surface area contributed by atoms with E-state index in [2.05, 4.69) is 21.7 Å². The summed E-state index contributed by atoms with van der Waals surface area (Å²) in [6, 6.07) is 8.79. The van der Waals surface area contributed by atoms with E-state index in [1.54, 1.807) is 16.7 Å². The Bertz CT molecular complexity index is 1190. The molecule has 1 amide bonds. The predicted octanol–water partition coefficient (Wildman–Crippen LogP) is 3.44. The van der Waals surface area contributed by atoms with Crippen LogP contribution in [0.5, 0.6) is 0 Å². The maximum Gasteiger partial charge on any atom is 0.261 e.